The van der Waals surface area contributed by atoms with E-state index in [0.717, 1.165) is 47.9 Å². The summed E-state index contributed by atoms with van der Waals surface area (Å²) in [5, 5.41) is 3.81. The maximum absolute atomic E-state index is 13.8. The summed E-state index contributed by atoms with van der Waals surface area (Å²) in [5.74, 6) is 0.298. The van der Waals surface area contributed by atoms with Crippen LogP contribution in [0.5, 0.6) is 5.75 Å². The quantitative estimate of drug-likeness (QED) is 0.356. The van der Waals surface area contributed by atoms with Gasteiger partial charge < -0.3 is 15.0 Å². The van der Waals surface area contributed by atoms with Gasteiger partial charge in [-0.3, -0.25) is 9.59 Å². The first-order valence-electron chi connectivity index (χ1n) is 13.0. The molecular formula is C31H35ClN2O3. The Bertz CT molecular complexity index is 1210. The lowest BCUT2D eigenvalue weighted by Gasteiger charge is -2.32. The van der Waals surface area contributed by atoms with Crippen LogP contribution in [-0.4, -0.2) is 35.4 Å². The average Bonchev–Trinajstić information content (AvgIpc) is 3.40. The predicted octanol–water partition coefficient (Wildman–Crippen LogP) is 6.03. The van der Waals surface area contributed by atoms with E-state index in [0.29, 0.717) is 17.2 Å². The molecule has 3 aromatic rings. The van der Waals surface area contributed by atoms with Crippen molar-refractivity contribution in [2.75, 3.05) is 6.61 Å². The first-order valence-corrected chi connectivity index (χ1v) is 13.3. The minimum atomic E-state index is -0.684. The minimum Gasteiger partial charge on any atom is -0.483 e. The Morgan fingerprint density at radius 2 is 1.70 bits per heavy atom. The summed E-state index contributed by atoms with van der Waals surface area (Å²) in [7, 11) is 0. The van der Waals surface area contributed by atoms with Gasteiger partial charge in [0.2, 0.25) is 5.91 Å². The molecule has 0 radical (unpaired) electrons. The molecular weight excluding hydrogens is 484 g/mol. The van der Waals surface area contributed by atoms with Crippen molar-refractivity contribution in [3.05, 3.63) is 100 Å². The van der Waals surface area contributed by atoms with Crippen molar-refractivity contribution >= 4 is 23.4 Å². The topological polar surface area (TPSA) is 58.6 Å². The first kappa shape index (κ1) is 26.7. The van der Waals surface area contributed by atoms with Gasteiger partial charge in [-0.05, 0) is 67.1 Å². The molecule has 1 fully saturated rings. The molecule has 194 valence electrons. The lowest BCUT2D eigenvalue weighted by molar-refractivity contribution is -0.143. The molecule has 0 aliphatic heterocycles. The number of benzene rings is 3. The zero-order valence-corrected chi connectivity index (χ0v) is 22.3. The largest absolute Gasteiger partial charge is 0.483 e. The molecule has 1 saturated carbocycles. The lowest BCUT2D eigenvalue weighted by atomic mass is 10.0. The Kier molecular flexibility index (Phi) is 9.24. The van der Waals surface area contributed by atoms with Crippen molar-refractivity contribution in [3.8, 4) is 5.75 Å². The van der Waals surface area contributed by atoms with Crippen LogP contribution in [0.15, 0.2) is 72.8 Å². The van der Waals surface area contributed by atoms with Crippen LogP contribution < -0.4 is 10.1 Å². The van der Waals surface area contributed by atoms with E-state index in [1.165, 1.54) is 0 Å². The summed E-state index contributed by atoms with van der Waals surface area (Å²) >= 11 is 6.26. The second-order valence-electron chi connectivity index (χ2n) is 9.90. The molecule has 5 nitrogen and oxygen atoms in total. The van der Waals surface area contributed by atoms with Gasteiger partial charge in [0.05, 0.1) is 0 Å². The maximum atomic E-state index is 13.8. The van der Waals surface area contributed by atoms with Gasteiger partial charge in [-0.1, -0.05) is 79.0 Å². The second kappa shape index (κ2) is 12.8. The number of halogens is 1. The van der Waals surface area contributed by atoms with Crippen molar-refractivity contribution < 1.29 is 14.3 Å². The monoisotopic (exact) mass is 518 g/mol. The van der Waals surface area contributed by atoms with E-state index in [9.17, 15) is 9.59 Å². The zero-order valence-electron chi connectivity index (χ0n) is 21.6. The molecule has 37 heavy (non-hydrogen) atoms. The van der Waals surface area contributed by atoms with Gasteiger partial charge in [-0.15, -0.1) is 0 Å². The Morgan fingerprint density at radius 3 is 2.43 bits per heavy atom. The van der Waals surface area contributed by atoms with Crippen LogP contribution >= 0.6 is 11.6 Å². The van der Waals surface area contributed by atoms with Gasteiger partial charge in [-0.2, -0.15) is 0 Å². The van der Waals surface area contributed by atoms with E-state index < -0.39 is 6.04 Å². The van der Waals surface area contributed by atoms with E-state index in [2.05, 4.69) is 5.32 Å². The molecule has 6 heteroatoms. The number of nitrogens with one attached hydrogen (secondary N) is 1. The summed E-state index contributed by atoms with van der Waals surface area (Å²) in [6.07, 6.45) is 4.59. The van der Waals surface area contributed by atoms with Gasteiger partial charge in [0, 0.05) is 24.0 Å². The molecule has 0 heterocycles. The number of carbonyl (C=O) groups excluding carboxylic acids is 2. The predicted molar refractivity (Wildman–Crippen MR) is 148 cm³/mol. The van der Waals surface area contributed by atoms with Crippen molar-refractivity contribution in [2.24, 2.45) is 0 Å². The highest BCUT2D eigenvalue weighted by Crippen LogP contribution is 2.22. The van der Waals surface area contributed by atoms with E-state index in [-0.39, 0.29) is 31.0 Å². The Morgan fingerprint density at radius 1 is 0.973 bits per heavy atom. The smallest absolute Gasteiger partial charge is 0.261 e. The standard InChI is InChI=1S/C31H35ClN2O3/c1-22-15-16-23(2)29(17-22)37-21-30(35)34(20-25-11-8-12-26(32)18-25)28(19-24-9-4-3-5-10-24)31(36)33-27-13-6-7-14-27/h3-5,8-12,15-18,27-28H,6-7,13-14,19-21H2,1-2H3,(H,33,36). The lowest BCUT2D eigenvalue weighted by Crippen LogP contribution is -2.53. The van der Waals surface area contributed by atoms with Crippen LogP contribution in [0.3, 0.4) is 0 Å². The number of carbonyl (C=O) groups is 2. The normalized spacial score (nSPS) is 14.2. The summed E-state index contributed by atoms with van der Waals surface area (Å²) < 4.78 is 5.99. The highest BCUT2D eigenvalue weighted by Gasteiger charge is 2.32. The SMILES string of the molecule is Cc1ccc(C)c(OCC(=O)N(Cc2cccc(Cl)c2)C(Cc2ccccc2)C(=O)NC2CCCC2)c1. The number of amides is 2. The van der Waals surface area contributed by atoms with Gasteiger partial charge in [0.25, 0.3) is 5.91 Å². The van der Waals surface area contributed by atoms with E-state index in [4.69, 9.17) is 16.3 Å². The summed E-state index contributed by atoms with van der Waals surface area (Å²) in [4.78, 5) is 29.1. The first-order chi connectivity index (χ1) is 17.9. The van der Waals surface area contributed by atoms with Crippen molar-refractivity contribution in [1.82, 2.24) is 10.2 Å². The number of hydrogen-bond donors (Lipinski definition) is 1. The Labute approximate surface area is 224 Å². The molecule has 1 unspecified atom stereocenters. The molecule has 1 aliphatic carbocycles. The van der Waals surface area contributed by atoms with E-state index >= 15 is 0 Å². The molecule has 3 aromatic carbocycles. The van der Waals surface area contributed by atoms with Crippen molar-refractivity contribution in [1.29, 1.82) is 0 Å². The fourth-order valence-electron chi connectivity index (χ4n) is 4.84. The molecule has 0 saturated heterocycles. The molecule has 0 aromatic heterocycles. The third-order valence-corrected chi connectivity index (χ3v) is 7.14. The van der Waals surface area contributed by atoms with Crippen LogP contribution in [0.4, 0.5) is 0 Å². The third kappa shape index (κ3) is 7.59. The summed E-state index contributed by atoms with van der Waals surface area (Å²) in [6.45, 7) is 4.04. The number of hydrogen-bond acceptors (Lipinski definition) is 3. The van der Waals surface area contributed by atoms with Crippen LogP contribution in [-0.2, 0) is 22.6 Å². The fourth-order valence-corrected chi connectivity index (χ4v) is 5.05. The fraction of sp³-hybridized carbons (Fsp3) is 0.355. The van der Waals surface area contributed by atoms with Gasteiger partial charge >= 0.3 is 0 Å². The molecule has 1 N–H and O–H groups in total. The maximum Gasteiger partial charge on any atom is 0.261 e. The van der Waals surface area contributed by atoms with Crippen LogP contribution in [0.1, 0.15) is 47.9 Å². The molecule has 1 atom stereocenters. The number of nitrogens with zero attached hydrogens (tertiary/aromatic N) is 1. The zero-order chi connectivity index (χ0) is 26.2. The van der Waals surface area contributed by atoms with Crippen LogP contribution in [0.2, 0.25) is 5.02 Å². The average molecular weight is 519 g/mol. The highest BCUT2D eigenvalue weighted by atomic mass is 35.5. The van der Waals surface area contributed by atoms with Crippen LogP contribution in [0.25, 0.3) is 0 Å². The number of rotatable bonds is 10. The Balaban J connectivity index is 1.62. The highest BCUT2D eigenvalue weighted by molar-refractivity contribution is 6.30. The number of aryl methyl sites for hydroxylation is 2. The van der Waals surface area contributed by atoms with E-state index in [1.54, 1.807) is 11.0 Å². The van der Waals surface area contributed by atoms with Crippen molar-refractivity contribution in [2.45, 2.75) is 64.6 Å². The van der Waals surface area contributed by atoms with Crippen LogP contribution in [0, 0.1) is 13.8 Å². The summed E-state index contributed by atoms with van der Waals surface area (Å²) in [5.41, 5.74) is 3.87. The molecule has 1 aliphatic rings. The molecule has 0 spiro atoms. The summed E-state index contributed by atoms with van der Waals surface area (Å²) in [6, 6.07) is 22.6. The third-order valence-electron chi connectivity index (χ3n) is 6.91. The van der Waals surface area contributed by atoms with Crippen molar-refractivity contribution in [3.63, 3.8) is 0 Å². The minimum absolute atomic E-state index is 0.127. The second-order valence-corrected chi connectivity index (χ2v) is 10.3. The number of ether oxygens (including phenoxy) is 1. The van der Waals surface area contributed by atoms with E-state index in [1.807, 2.05) is 80.6 Å². The van der Waals surface area contributed by atoms with Gasteiger partial charge in [0.15, 0.2) is 6.61 Å². The molecule has 0 bridgehead atoms. The Hall–Kier alpha value is -3.31. The van der Waals surface area contributed by atoms with Gasteiger partial charge in [0.1, 0.15) is 11.8 Å². The molecule has 4 rings (SSSR count). The van der Waals surface area contributed by atoms with Gasteiger partial charge in [-0.25, -0.2) is 0 Å². The molecule has 2 amide bonds.